The van der Waals surface area contributed by atoms with E-state index in [0.717, 1.165) is 10.7 Å². The van der Waals surface area contributed by atoms with Gasteiger partial charge in [-0.2, -0.15) is 18.3 Å². The van der Waals surface area contributed by atoms with E-state index in [-0.39, 0.29) is 5.69 Å². The summed E-state index contributed by atoms with van der Waals surface area (Å²) in [6.07, 6.45) is -5.08. The molecule has 0 radical (unpaired) electrons. The fourth-order valence-electron chi connectivity index (χ4n) is 2.13. The first-order chi connectivity index (χ1) is 10.6. The largest absolute Gasteiger partial charge is 0.413 e. The Bertz CT molecular complexity index is 718. The Morgan fingerprint density at radius 2 is 1.83 bits per heavy atom. The third-order valence-corrected chi connectivity index (χ3v) is 3.13. The van der Waals surface area contributed by atoms with Crippen molar-refractivity contribution in [3.05, 3.63) is 52.9 Å². The molecular formula is C14H12F5N3O. The number of aromatic nitrogens is 2. The molecule has 1 heterocycles. The Balaban J connectivity index is 2.42. The minimum absolute atomic E-state index is 0.159. The lowest BCUT2D eigenvalue weighted by Crippen LogP contribution is -2.39. The minimum Gasteiger partial charge on any atom is -0.335 e. The standard InChI is InChI=1S/C14H12F5N3O/c1-7-6-10(22(2)21-7)13(23)20-12(14(17,18)19)11-8(15)4-3-5-9(11)16/h3-6,12H,1-2H3,(H,20,23)/t12-/m1/s1. The summed E-state index contributed by atoms with van der Waals surface area (Å²) >= 11 is 0. The monoisotopic (exact) mass is 333 g/mol. The van der Waals surface area contributed by atoms with Gasteiger partial charge in [0, 0.05) is 7.05 Å². The van der Waals surface area contributed by atoms with Crippen LogP contribution in [-0.2, 0) is 7.05 Å². The Labute approximate surface area is 127 Å². The van der Waals surface area contributed by atoms with Crippen molar-refractivity contribution in [3.8, 4) is 0 Å². The molecular weight excluding hydrogens is 321 g/mol. The molecule has 1 amide bonds. The molecule has 0 aliphatic rings. The van der Waals surface area contributed by atoms with E-state index in [1.54, 1.807) is 12.2 Å². The van der Waals surface area contributed by atoms with Gasteiger partial charge >= 0.3 is 6.18 Å². The van der Waals surface area contributed by atoms with Crippen LogP contribution in [0.4, 0.5) is 22.0 Å². The Kier molecular flexibility index (Phi) is 4.39. The predicted molar refractivity (Wildman–Crippen MR) is 70.6 cm³/mol. The van der Waals surface area contributed by atoms with E-state index < -0.39 is 35.3 Å². The lowest BCUT2D eigenvalue weighted by molar-refractivity contribution is -0.156. The third-order valence-electron chi connectivity index (χ3n) is 3.13. The van der Waals surface area contributed by atoms with Crippen LogP contribution in [0.5, 0.6) is 0 Å². The van der Waals surface area contributed by atoms with E-state index in [4.69, 9.17) is 0 Å². The Morgan fingerprint density at radius 3 is 2.26 bits per heavy atom. The molecule has 1 aromatic carbocycles. The molecule has 0 aliphatic heterocycles. The molecule has 9 heteroatoms. The molecule has 0 saturated carbocycles. The first-order valence-electron chi connectivity index (χ1n) is 6.43. The maximum absolute atomic E-state index is 13.7. The topological polar surface area (TPSA) is 46.9 Å². The summed E-state index contributed by atoms with van der Waals surface area (Å²) in [5.41, 5.74) is -1.00. The van der Waals surface area contributed by atoms with E-state index in [9.17, 15) is 26.7 Å². The lowest BCUT2D eigenvalue weighted by atomic mass is 10.0. The zero-order chi connectivity index (χ0) is 17.4. The van der Waals surface area contributed by atoms with Crippen molar-refractivity contribution in [2.45, 2.75) is 19.1 Å². The van der Waals surface area contributed by atoms with E-state index in [1.807, 2.05) is 0 Å². The third kappa shape index (κ3) is 3.49. The Morgan fingerprint density at radius 1 is 1.26 bits per heavy atom. The van der Waals surface area contributed by atoms with Crippen LogP contribution in [0.15, 0.2) is 24.3 Å². The van der Waals surface area contributed by atoms with Gasteiger partial charge in [-0.25, -0.2) is 8.78 Å². The molecule has 0 unspecified atom stereocenters. The number of rotatable bonds is 3. The second-order valence-corrected chi connectivity index (χ2v) is 4.88. The average Bonchev–Trinajstić information content (AvgIpc) is 2.75. The van der Waals surface area contributed by atoms with Gasteiger partial charge in [0.25, 0.3) is 5.91 Å². The normalized spacial score (nSPS) is 13.0. The van der Waals surface area contributed by atoms with Crippen LogP contribution in [0, 0.1) is 18.6 Å². The van der Waals surface area contributed by atoms with Crippen LogP contribution in [0.25, 0.3) is 0 Å². The van der Waals surface area contributed by atoms with Gasteiger partial charge in [-0.3, -0.25) is 9.48 Å². The number of nitrogens with zero attached hydrogens (tertiary/aromatic N) is 2. The zero-order valence-electron chi connectivity index (χ0n) is 12.1. The maximum atomic E-state index is 13.7. The van der Waals surface area contributed by atoms with Crippen LogP contribution < -0.4 is 5.32 Å². The van der Waals surface area contributed by atoms with E-state index in [2.05, 4.69) is 5.10 Å². The van der Waals surface area contributed by atoms with Crippen molar-refractivity contribution in [1.29, 1.82) is 0 Å². The highest BCUT2D eigenvalue weighted by Crippen LogP contribution is 2.35. The highest BCUT2D eigenvalue weighted by Gasteiger charge is 2.45. The quantitative estimate of drug-likeness (QED) is 0.878. The number of carbonyl (C=O) groups is 1. The molecule has 0 aliphatic carbocycles. The minimum atomic E-state index is -5.08. The summed E-state index contributed by atoms with van der Waals surface area (Å²) in [6.45, 7) is 1.55. The second-order valence-electron chi connectivity index (χ2n) is 4.88. The van der Waals surface area contributed by atoms with Crippen molar-refractivity contribution in [2.24, 2.45) is 7.05 Å². The van der Waals surface area contributed by atoms with Crippen LogP contribution >= 0.6 is 0 Å². The van der Waals surface area contributed by atoms with Crippen molar-refractivity contribution in [1.82, 2.24) is 15.1 Å². The van der Waals surface area contributed by atoms with E-state index in [1.165, 1.54) is 13.1 Å². The summed E-state index contributed by atoms with van der Waals surface area (Å²) in [5.74, 6) is -3.93. The van der Waals surface area contributed by atoms with Gasteiger partial charge in [0.1, 0.15) is 17.3 Å². The van der Waals surface area contributed by atoms with Gasteiger partial charge < -0.3 is 5.32 Å². The number of benzene rings is 1. The van der Waals surface area contributed by atoms with E-state index >= 15 is 0 Å². The number of carbonyl (C=O) groups excluding carboxylic acids is 1. The number of nitrogens with one attached hydrogen (secondary N) is 1. The first kappa shape index (κ1) is 16.9. The number of halogens is 5. The van der Waals surface area contributed by atoms with Gasteiger partial charge in [-0.1, -0.05) is 6.07 Å². The molecule has 2 rings (SSSR count). The summed E-state index contributed by atoms with van der Waals surface area (Å²) < 4.78 is 67.9. The van der Waals surface area contributed by atoms with Crippen molar-refractivity contribution < 1.29 is 26.7 Å². The molecule has 1 N–H and O–H groups in total. The fourth-order valence-corrected chi connectivity index (χ4v) is 2.13. The molecule has 4 nitrogen and oxygen atoms in total. The van der Waals surface area contributed by atoms with Gasteiger partial charge in [0.15, 0.2) is 6.04 Å². The summed E-state index contributed by atoms with van der Waals surface area (Å²) in [5, 5.41) is 5.46. The molecule has 124 valence electrons. The van der Waals surface area contributed by atoms with Crippen LogP contribution in [0.1, 0.15) is 27.8 Å². The van der Waals surface area contributed by atoms with Gasteiger partial charge in [0.2, 0.25) is 0 Å². The fraction of sp³-hybridized carbons (Fsp3) is 0.286. The number of hydrogen-bond donors (Lipinski definition) is 1. The number of amides is 1. The molecule has 2 aromatic rings. The smallest absolute Gasteiger partial charge is 0.335 e. The molecule has 0 bridgehead atoms. The summed E-state index contributed by atoms with van der Waals surface area (Å²) in [4.78, 5) is 12.0. The zero-order valence-corrected chi connectivity index (χ0v) is 12.1. The molecule has 0 spiro atoms. The molecule has 1 aromatic heterocycles. The number of hydrogen-bond acceptors (Lipinski definition) is 2. The number of aryl methyl sites for hydroxylation is 2. The first-order valence-corrected chi connectivity index (χ1v) is 6.43. The molecule has 1 atom stereocenters. The maximum Gasteiger partial charge on any atom is 0.413 e. The molecule has 23 heavy (non-hydrogen) atoms. The predicted octanol–water partition coefficient (Wildman–Crippen LogP) is 3.04. The van der Waals surface area contributed by atoms with E-state index in [0.29, 0.717) is 17.8 Å². The van der Waals surface area contributed by atoms with Crippen LogP contribution in [0.2, 0.25) is 0 Å². The highest BCUT2D eigenvalue weighted by molar-refractivity contribution is 5.93. The number of alkyl halides is 3. The van der Waals surface area contributed by atoms with Crippen molar-refractivity contribution in [2.75, 3.05) is 0 Å². The van der Waals surface area contributed by atoms with Gasteiger partial charge in [-0.05, 0) is 25.1 Å². The highest BCUT2D eigenvalue weighted by atomic mass is 19.4. The van der Waals surface area contributed by atoms with Gasteiger partial charge in [-0.15, -0.1) is 0 Å². The van der Waals surface area contributed by atoms with Crippen molar-refractivity contribution in [3.63, 3.8) is 0 Å². The van der Waals surface area contributed by atoms with Crippen molar-refractivity contribution >= 4 is 5.91 Å². The van der Waals surface area contributed by atoms with Gasteiger partial charge in [0.05, 0.1) is 11.3 Å². The SMILES string of the molecule is Cc1cc(C(=O)N[C@H](c2c(F)cccc2F)C(F)(F)F)n(C)n1. The molecule has 0 saturated heterocycles. The average molecular weight is 333 g/mol. The molecule has 0 fully saturated rings. The van der Waals surface area contributed by atoms with Crippen LogP contribution in [0.3, 0.4) is 0 Å². The Hall–Kier alpha value is -2.45. The van der Waals surface area contributed by atoms with Crippen LogP contribution in [-0.4, -0.2) is 21.9 Å². The second kappa shape index (κ2) is 5.98. The summed E-state index contributed by atoms with van der Waals surface area (Å²) in [6, 6.07) is 0.773. The lowest BCUT2D eigenvalue weighted by Gasteiger charge is -2.22. The summed E-state index contributed by atoms with van der Waals surface area (Å²) in [7, 11) is 1.37.